The van der Waals surface area contributed by atoms with Gasteiger partial charge < -0.3 is 9.88 Å². The maximum absolute atomic E-state index is 12.8. The van der Waals surface area contributed by atoms with E-state index < -0.39 is 5.25 Å². The zero-order valence-electron chi connectivity index (χ0n) is 13.5. The van der Waals surface area contributed by atoms with Crippen molar-refractivity contribution in [1.29, 1.82) is 0 Å². The summed E-state index contributed by atoms with van der Waals surface area (Å²) >= 11 is 1.38. The van der Waals surface area contributed by atoms with Gasteiger partial charge in [0, 0.05) is 12.7 Å². The largest absolute Gasteiger partial charge is 0.325 e. The van der Waals surface area contributed by atoms with Gasteiger partial charge in [-0.1, -0.05) is 59.8 Å². The van der Waals surface area contributed by atoms with Crippen molar-refractivity contribution in [2.75, 3.05) is 5.32 Å². The number of nitrogens with zero attached hydrogens (tertiary/aromatic N) is 3. The number of benzene rings is 2. The number of nitrogens with one attached hydrogen (secondary N) is 1. The van der Waals surface area contributed by atoms with Crippen LogP contribution in [0.2, 0.25) is 0 Å². The van der Waals surface area contributed by atoms with Crippen LogP contribution < -0.4 is 5.32 Å². The molecule has 2 aromatic carbocycles. The molecular formula is C18H18N4OS. The highest BCUT2D eigenvalue weighted by atomic mass is 32.2. The van der Waals surface area contributed by atoms with Gasteiger partial charge >= 0.3 is 0 Å². The summed E-state index contributed by atoms with van der Waals surface area (Å²) in [6.45, 7) is 2.02. The number of carbonyl (C=O) groups is 1. The summed E-state index contributed by atoms with van der Waals surface area (Å²) in [4.78, 5) is 12.8. The molecule has 1 N–H and O–H groups in total. The van der Waals surface area contributed by atoms with Crippen LogP contribution in [0.5, 0.6) is 0 Å². The Hall–Kier alpha value is -2.60. The number of anilines is 1. The third kappa shape index (κ3) is 3.83. The van der Waals surface area contributed by atoms with E-state index in [1.54, 1.807) is 10.9 Å². The molecule has 0 saturated heterocycles. The van der Waals surface area contributed by atoms with Crippen LogP contribution in [-0.2, 0) is 11.8 Å². The number of amides is 1. The van der Waals surface area contributed by atoms with Crippen molar-refractivity contribution in [2.45, 2.75) is 17.3 Å². The van der Waals surface area contributed by atoms with E-state index in [0.29, 0.717) is 5.16 Å². The van der Waals surface area contributed by atoms with Gasteiger partial charge in [-0.2, -0.15) is 0 Å². The second kappa shape index (κ2) is 7.31. The van der Waals surface area contributed by atoms with Crippen molar-refractivity contribution in [3.05, 3.63) is 72.1 Å². The van der Waals surface area contributed by atoms with Crippen LogP contribution >= 0.6 is 11.8 Å². The number of aromatic nitrogens is 3. The Morgan fingerprint density at radius 1 is 1.12 bits per heavy atom. The molecular weight excluding hydrogens is 320 g/mol. The number of hydrogen-bond acceptors (Lipinski definition) is 4. The van der Waals surface area contributed by atoms with Crippen LogP contribution in [0.1, 0.15) is 16.4 Å². The van der Waals surface area contributed by atoms with Crippen LogP contribution in [0.4, 0.5) is 5.69 Å². The fraction of sp³-hybridized carbons (Fsp3) is 0.167. The number of hydrogen-bond donors (Lipinski definition) is 1. The molecule has 0 bridgehead atoms. The maximum atomic E-state index is 12.8. The fourth-order valence-corrected chi connectivity index (χ4v) is 3.21. The minimum Gasteiger partial charge on any atom is -0.325 e. The van der Waals surface area contributed by atoms with Crippen LogP contribution in [0.3, 0.4) is 0 Å². The smallest absolute Gasteiger partial charge is 0.242 e. The van der Waals surface area contributed by atoms with Crippen LogP contribution in [0.25, 0.3) is 0 Å². The van der Waals surface area contributed by atoms with E-state index in [1.165, 1.54) is 11.8 Å². The summed E-state index contributed by atoms with van der Waals surface area (Å²) in [6, 6.07) is 17.4. The van der Waals surface area contributed by atoms with Crippen molar-refractivity contribution < 1.29 is 4.79 Å². The summed E-state index contributed by atoms with van der Waals surface area (Å²) in [6.07, 6.45) is 1.63. The lowest BCUT2D eigenvalue weighted by molar-refractivity contribution is -0.115. The van der Waals surface area contributed by atoms with Gasteiger partial charge in [-0.05, 0) is 24.6 Å². The van der Waals surface area contributed by atoms with E-state index in [1.807, 2.05) is 68.6 Å². The van der Waals surface area contributed by atoms with Crippen LogP contribution in [0.15, 0.2) is 66.1 Å². The summed E-state index contributed by atoms with van der Waals surface area (Å²) in [5.74, 6) is -0.0851. The van der Waals surface area contributed by atoms with Crippen molar-refractivity contribution in [1.82, 2.24) is 14.8 Å². The SMILES string of the molecule is Cc1ccc(NC(=O)C(Sc2nncn2C)c2ccccc2)cc1. The molecule has 1 atom stereocenters. The normalized spacial score (nSPS) is 11.9. The molecule has 0 spiro atoms. The second-order valence-corrected chi connectivity index (χ2v) is 6.56. The van der Waals surface area contributed by atoms with E-state index in [0.717, 1.165) is 16.8 Å². The van der Waals surface area contributed by atoms with E-state index in [-0.39, 0.29) is 5.91 Å². The van der Waals surface area contributed by atoms with Crippen molar-refractivity contribution >= 4 is 23.4 Å². The summed E-state index contributed by atoms with van der Waals surface area (Å²) in [5, 5.41) is 11.2. The lowest BCUT2D eigenvalue weighted by Crippen LogP contribution is -2.19. The third-order valence-corrected chi connectivity index (χ3v) is 4.86. The van der Waals surface area contributed by atoms with Crippen LogP contribution in [0, 0.1) is 6.92 Å². The van der Waals surface area contributed by atoms with Crippen molar-refractivity contribution in [2.24, 2.45) is 7.05 Å². The first-order chi connectivity index (χ1) is 11.6. The quantitative estimate of drug-likeness (QED) is 0.722. The zero-order valence-corrected chi connectivity index (χ0v) is 14.3. The van der Waals surface area contributed by atoms with E-state index >= 15 is 0 Å². The molecule has 3 rings (SSSR count). The second-order valence-electron chi connectivity index (χ2n) is 5.49. The Morgan fingerprint density at radius 3 is 2.46 bits per heavy atom. The highest BCUT2D eigenvalue weighted by Gasteiger charge is 2.24. The zero-order chi connectivity index (χ0) is 16.9. The number of aryl methyl sites for hydroxylation is 2. The van der Waals surface area contributed by atoms with Gasteiger partial charge in [-0.15, -0.1) is 10.2 Å². The molecule has 0 aliphatic heterocycles. The number of thioether (sulfide) groups is 1. The Balaban J connectivity index is 1.85. The molecule has 0 fully saturated rings. The molecule has 1 unspecified atom stereocenters. The molecule has 6 heteroatoms. The van der Waals surface area contributed by atoms with Crippen molar-refractivity contribution in [3.63, 3.8) is 0 Å². The van der Waals surface area contributed by atoms with Gasteiger partial charge in [0.15, 0.2) is 5.16 Å². The molecule has 0 aliphatic rings. The Morgan fingerprint density at radius 2 is 1.83 bits per heavy atom. The van der Waals surface area contributed by atoms with E-state index in [4.69, 9.17) is 0 Å². The lowest BCUT2D eigenvalue weighted by Gasteiger charge is -2.16. The molecule has 1 aromatic heterocycles. The average Bonchev–Trinajstić information content (AvgIpc) is 3.00. The third-order valence-electron chi connectivity index (χ3n) is 3.55. The fourth-order valence-electron chi connectivity index (χ4n) is 2.23. The molecule has 1 amide bonds. The minimum atomic E-state index is -0.407. The van der Waals surface area contributed by atoms with Gasteiger partial charge in [0.25, 0.3) is 0 Å². The summed E-state index contributed by atoms with van der Waals surface area (Å²) in [7, 11) is 1.86. The molecule has 0 aliphatic carbocycles. The molecule has 122 valence electrons. The first kappa shape index (κ1) is 16.3. The molecule has 24 heavy (non-hydrogen) atoms. The Labute approximate surface area is 145 Å². The monoisotopic (exact) mass is 338 g/mol. The first-order valence-electron chi connectivity index (χ1n) is 7.56. The molecule has 5 nitrogen and oxygen atoms in total. The summed E-state index contributed by atoms with van der Waals surface area (Å²) < 4.78 is 1.81. The topological polar surface area (TPSA) is 59.8 Å². The van der Waals surface area contributed by atoms with Gasteiger partial charge in [0.05, 0.1) is 0 Å². The van der Waals surface area contributed by atoms with Gasteiger partial charge in [0.2, 0.25) is 5.91 Å². The van der Waals surface area contributed by atoms with E-state index in [2.05, 4.69) is 15.5 Å². The highest BCUT2D eigenvalue weighted by molar-refractivity contribution is 8.00. The number of rotatable bonds is 5. The predicted octanol–water partition coefficient (Wildman–Crippen LogP) is 3.60. The van der Waals surface area contributed by atoms with Crippen LogP contribution in [-0.4, -0.2) is 20.7 Å². The maximum Gasteiger partial charge on any atom is 0.242 e. The highest BCUT2D eigenvalue weighted by Crippen LogP contribution is 2.34. The van der Waals surface area contributed by atoms with Gasteiger partial charge in [-0.25, -0.2) is 0 Å². The lowest BCUT2D eigenvalue weighted by atomic mass is 10.1. The van der Waals surface area contributed by atoms with E-state index in [9.17, 15) is 4.79 Å². The Bertz CT molecular complexity index is 815. The molecule has 3 aromatic rings. The minimum absolute atomic E-state index is 0.0851. The molecule has 0 saturated carbocycles. The molecule has 1 heterocycles. The number of carbonyl (C=O) groups excluding carboxylic acids is 1. The molecule has 0 radical (unpaired) electrons. The van der Waals surface area contributed by atoms with Crippen molar-refractivity contribution in [3.8, 4) is 0 Å². The van der Waals surface area contributed by atoms with Gasteiger partial charge in [-0.3, -0.25) is 4.79 Å². The first-order valence-corrected chi connectivity index (χ1v) is 8.44. The summed E-state index contributed by atoms with van der Waals surface area (Å²) in [5.41, 5.74) is 2.86. The van der Waals surface area contributed by atoms with Gasteiger partial charge in [0.1, 0.15) is 11.6 Å². The standard InChI is InChI=1S/C18H18N4OS/c1-13-8-10-15(11-9-13)20-17(23)16(14-6-4-3-5-7-14)24-18-21-19-12-22(18)2/h3-12,16H,1-2H3,(H,20,23). The predicted molar refractivity (Wildman–Crippen MR) is 95.9 cm³/mol. The Kier molecular flexibility index (Phi) is 4.96. The average molecular weight is 338 g/mol.